The lowest BCUT2D eigenvalue weighted by atomic mass is 10.3. The fourth-order valence-corrected chi connectivity index (χ4v) is 3.13. The number of amides is 2. The molecule has 2 amide bonds. The molecule has 1 N–H and O–H groups in total. The van der Waals surface area contributed by atoms with E-state index in [2.05, 4.69) is 15.2 Å². The molecular formula is C17H32IN5O3. The van der Waals surface area contributed by atoms with Gasteiger partial charge in [0, 0.05) is 58.8 Å². The number of ether oxygens (including phenoxy) is 1. The monoisotopic (exact) mass is 481 g/mol. The van der Waals surface area contributed by atoms with E-state index in [1.165, 1.54) is 0 Å². The zero-order valence-electron chi connectivity index (χ0n) is 15.9. The van der Waals surface area contributed by atoms with Crippen molar-refractivity contribution < 1.29 is 14.3 Å². The van der Waals surface area contributed by atoms with Crippen molar-refractivity contribution in [3.05, 3.63) is 0 Å². The van der Waals surface area contributed by atoms with Gasteiger partial charge in [-0.15, -0.1) is 24.0 Å². The number of nitrogens with one attached hydrogen (secondary N) is 1. The molecular weight excluding hydrogens is 449 g/mol. The summed E-state index contributed by atoms with van der Waals surface area (Å²) < 4.78 is 5.05. The third kappa shape index (κ3) is 6.81. The van der Waals surface area contributed by atoms with Crippen LogP contribution in [-0.2, 0) is 9.53 Å². The Balaban J connectivity index is 0.00000338. The molecule has 2 fully saturated rings. The molecule has 0 atom stereocenters. The predicted octanol–water partition coefficient (Wildman–Crippen LogP) is 1.36. The van der Waals surface area contributed by atoms with Crippen LogP contribution < -0.4 is 5.32 Å². The van der Waals surface area contributed by atoms with E-state index in [1.54, 1.807) is 4.90 Å². The van der Waals surface area contributed by atoms with Gasteiger partial charge >= 0.3 is 6.09 Å². The van der Waals surface area contributed by atoms with Crippen molar-refractivity contribution in [3.8, 4) is 0 Å². The molecule has 150 valence electrons. The normalized spacial score (nSPS) is 18.0. The van der Waals surface area contributed by atoms with Crippen molar-refractivity contribution in [2.24, 2.45) is 4.99 Å². The third-order valence-corrected chi connectivity index (χ3v) is 4.46. The Hall–Kier alpha value is -1.26. The Labute approximate surface area is 173 Å². The summed E-state index contributed by atoms with van der Waals surface area (Å²) in [5.74, 6) is 1.16. The minimum atomic E-state index is -0.237. The highest BCUT2D eigenvalue weighted by molar-refractivity contribution is 14.0. The molecule has 0 aromatic heterocycles. The molecule has 0 spiro atoms. The van der Waals surface area contributed by atoms with Gasteiger partial charge in [0.1, 0.15) is 0 Å². The van der Waals surface area contributed by atoms with Crippen molar-refractivity contribution in [3.63, 3.8) is 0 Å². The molecule has 26 heavy (non-hydrogen) atoms. The van der Waals surface area contributed by atoms with Crippen LogP contribution in [0.25, 0.3) is 0 Å². The van der Waals surface area contributed by atoms with Crippen molar-refractivity contribution >= 4 is 41.9 Å². The molecule has 0 aromatic carbocycles. The van der Waals surface area contributed by atoms with E-state index >= 15 is 0 Å². The number of hydrogen-bond donors (Lipinski definition) is 1. The maximum atomic E-state index is 11.8. The second-order valence-electron chi connectivity index (χ2n) is 6.25. The molecule has 2 aliphatic rings. The largest absolute Gasteiger partial charge is 0.450 e. The van der Waals surface area contributed by atoms with Crippen LogP contribution in [0.15, 0.2) is 4.99 Å². The highest BCUT2D eigenvalue weighted by Gasteiger charge is 2.23. The molecule has 0 bridgehead atoms. The maximum absolute atomic E-state index is 11.8. The fourth-order valence-electron chi connectivity index (χ4n) is 3.13. The van der Waals surface area contributed by atoms with E-state index < -0.39 is 0 Å². The van der Waals surface area contributed by atoms with Crippen LogP contribution in [0.4, 0.5) is 4.79 Å². The number of likely N-dealkylation sites (tertiary alicyclic amines) is 1. The molecule has 0 unspecified atom stereocenters. The van der Waals surface area contributed by atoms with Crippen molar-refractivity contribution in [1.29, 1.82) is 0 Å². The average molecular weight is 481 g/mol. The highest BCUT2D eigenvalue weighted by Crippen LogP contribution is 2.10. The van der Waals surface area contributed by atoms with Gasteiger partial charge in [-0.25, -0.2) is 4.79 Å². The van der Waals surface area contributed by atoms with Gasteiger partial charge in [-0.05, 0) is 26.7 Å². The zero-order valence-corrected chi connectivity index (χ0v) is 18.2. The zero-order chi connectivity index (χ0) is 18.1. The first-order valence-electron chi connectivity index (χ1n) is 9.38. The molecule has 9 heteroatoms. The van der Waals surface area contributed by atoms with E-state index in [9.17, 15) is 9.59 Å². The fraction of sp³-hybridized carbons (Fsp3) is 0.824. The molecule has 0 aliphatic carbocycles. The molecule has 2 aliphatic heterocycles. The minimum Gasteiger partial charge on any atom is -0.450 e. The summed E-state index contributed by atoms with van der Waals surface area (Å²) in [5, 5.41) is 3.32. The van der Waals surface area contributed by atoms with E-state index in [1.807, 2.05) is 18.7 Å². The Morgan fingerprint density at radius 3 is 2.42 bits per heavy atom. The summed E-state index contributed by atoms with van der Waals surface area (Å²) in [6, 6.07) is 0. The van der Waals surface area contributed by atoms with Crippen LogP contribution in [0.1, 0.15) is 33.1 Å². The Bertz CT molecular complexity index is 481. The Morgan fingerprint density at radius 2 is 1.85 bits per heavy atom. The van der Waals surface area contributed by atoms with E-state index in [0.717, 1.165) is 51.5 Å². The van der Waals surface area contributed by atoms with Crippen LogP contribution >= 0.6 is 24.0 Å². The molecule has 2 heterocycles. The molecule has 0 aromatic rings. The van der Waals surface area contributed by atoms with Gasteiger partial charge in [-0.2, -0.15) is 0 Å². The number of nitrogens with zero attached hydrogens (tertiary/aromatic N) is 4. The van der Waals surface area contributed by atoms with Gasteiger partial charge in [0.15, 0.2) is 5.96 Å². The van der Waals surface area contributed by atoms with Crippen molar-refractivity contribution in [2.75, 3.05) is 59.0 Å². The third-order valence-electron chi connectivity index (χ3n) is 4.46. The van der Waals surface area contributed by atoms with E-state index in [-0.39, 0.29) is 36.0 Å². The minimum absolute atomic E-state index is 0. The summed E-state index contributed by atoms with van der Waals surface area (Å²) in [7, 11) is 0. The van der Waals surface area contributed by atoms with E-state index in [0.29, 0.717) is 32.7 Å². The van der Waals surface area contributed by atoms with Gasteiger partial charge in [0.05, 0.1) is 6.61 Å². The first kappa shape index (κ1) is 22.8. The number of guanidine groups is 1. The van der Waals surface area contributed by atoms with Crippen molar-refractivity contribution in [2.45, 2.75) is 33.1 Å². The Kier molecular flexibility index (Phi) is 10.7. The lowest BCUT2D eigenvalue weighted by molar-refractivity contribution is -0.127. The second-order valence-corrected chi connectivity index (χ2v) is 6.25. The Morgan fingerprint density at radius 1 is 1.15 bits per heavy atom. The molecule has 0 radical (unpaired) electrons. The SMILES string of the molecule is CCNC(=NCCCN1CCCC1=O)N1CCN(C(=O)OCC)CC1.I. The topological polar surface area (TPSA) is 77.5 Å². The molecule has 2 saturated heterocycles. The van der Waals surface area contributed by atoms with Gasteiger partial charge in [-0.1, -0.05) is 0 Å². The number of rotatable bonds is 6. The number of halogens is 1. The van der Waals surface area contributed by atoms with Gasteiger partial charge in [-0.3, -0.25) is 9.79 Å². The standard InChI is InChI=1S/C17H31N5O3.HI/c1-3-18-16(19-8-6-10-20-9-5-7-15(20)23)21-11-13-22(14-12-21)17(24)25-4-2;/h3-14H2,1-2H3,(H,18,19);1H. The summed E-state index contributed by atoms with van der Waals surface area (Å²) in [4.78, 5) is 33.9. The molecule has 0 saturated carbocycles. The quantitative estimate of drug-likeness (QED) is 0.268. The summed E-state index contributed by atoms with van der Waals surface area (Å²) in [5.41, 5.74) is 0. The van der Waals surface area contributed by atoms with Crippen LogP contribution in [0.5, 0.6) is 0 Å². The second kappa shape index (κ2) is 12.2. The smallest absolute Gasteiger partial charge is 0.409 e. The van der Waals surface area contributed by atoms with Crippen LogP contribution in [-0.4, -0.2) is 91.6 Å². The average Bonchev–Trinajstić information content (AvgIpc) is 3.03. The summed E-state index contributed by atoms with van der Waals surface area (Å²) in [6.45, 7) is 10.2. The van der Waals surface area contributed by atoms with E-state index in [4.69, 9.17) is 4.74 Å². The first-order chi connectivity index (χ1) is 12.2. The number of carbonyl (C=O) groups is 2. The van der Waals surface area contributed by atoms with Crippen molar-refractivity contribution in [1.82, 2.24) is 20.0 Å². The number of carbonyl (C=O) groups excluding carboxylic acids is 2. The van der Waals surface area contributed by atoms with Crippen LogP contribution in [0, 0.1) is 0 Å². The molecule has 8 nitrogen and oxygen atoms in total. The summed E-state index contributed by atoms with van der Waals surface area (Å²) >= 11 is 0. The maximum Gasteiger partial charge on any atom is 0.409 e. The predicted molar refractivity (Wildman–Crippen MR) is 112 cm³/mol. The lowest BCUT2D eigenvalue weighted by Crippen LogP contribution is -2.54. The number of aliphatic imine (C=N–C) groups is 1. The van der Waals surface area contributed by atoms with Gasteiger partial charge in [0.25, 0.3) is 0 Å². The molecule has 2 rings (SSSR count). The first-order valence-corrected chi connectivity index (χ1v) is 9.38. The lowest BCUT2D eigenvalue weighted by Gasteiger charge is -2.35. The number of piperazine rings is 1. The van der Waals surface area contributed by atoms with Gasteiger partial charge in [0.2, 0.25) is 5.91 Å². The highest BCUT2D eigenvalue weighted by atomic mass is 127. The van der Waals surface area contributed by atoms with Crippen LogP contribution in [0.3, 0.4) is 0 Å². The van der Waals surface area contributed by atoms with Crippen LogP contribution in [0.2, 0.25) is 0 Å². The summed E-state index contributed by atoms with van der Waals surface area (Å²) in [6.07, 6.45) is 2.31. The number of hydrogen-bond acceptors (Lipinski definition) is 4. The van der Waals surface area contributed by atoms with Gasteiger partial charge < -0.3 is 24.8 Å².